The molecule has 1 aliphatic carbocycles. The van der Waals surface area contributed by atoms with Gasteiger partial charge in [0.1, 0.15) is 5.75 Å². The van der Waals surface area contributed by atoms with Crippen molar-refractivity contribution in [3.63, 3.8) is 0 Å². The van der Waals surface area contributed by atoms with E-state index in [2.05, 4.69) is 34.9 Å². The van der Waals surface area contributed by atoms with Crippen LogP contribution in [0.25, 0.3) is 0 Å². The fourth-order valence-corrected chi connectivity index (χ4v) is 3.06. The van der Waals surface area contributed by atoms with E-state index >= 15 is 0 Å². The third-order valence-electron chi connectivity index (χ3n) is 4.04. The van der Waals surface area contributed by atoms with Crippen LogP contribution >= 0.6 is 0 Å². The molecule has 0 bridgehead atoms. The predicted molar refractivity (Wildman–Crippen MR) is 81.8 cm³/mol. The van der Waals surface area contributed by atoms with Crippen molar-refractivity contribution in [2.75, 3.05) is 17.2 Å². The number of ether oxygens (including phenoxy) is 1. The van der Waals surface area contributed by atoms with E-state index in [1.54, 1.807) is 0 Å². The van der Waals surface area contributed by atoms with Gasteiger partial charge in [-0.1, -0.05) is 24.3 Å². The van der Waals surface area contributed by atoms with Crippen LogP contribution in [0.15, 0.2) is 42.5 Å². The van der Waals surface area contributed by atoms with Crippen LogP contribution in [0.3, 0.4) is 0 Å². The van der Waals surface area contributed by atoms with Crippen molar-refractivity contribution >= 4 is 17.3 Å². The van der Waals surface area contributed by atoms with Gasteiger partial charge < -0.3 is 15.4 Å². The molecular formula is C17H16N2O2. The minimum absolute atomic E-state index is 0.0886. The lowest BCUT2D eigenvalue weighted by Gasteiger charge is -2.20. The van der Waals surface area contributed by atoms with Gasteiger partial charge in [-0.2, -0.15) is 0 Å². The summed E-state index contributed by atoms with van der Waals surface area (Å²) >= 11 is 0. The van der Waals surface area contributed by atoms with E-state index in [9.17, 15) is 4.79 Å². The molecule has 0 atom stereocenters. The van der Waals surface area contributed by atoms with Gasteiger partial charge in [0.25, 0.3) is 5.91 Å². The van der Waals surface area contributed by atoms with Gasteiger partial charge in [-0.3, -0.25) is 4.79 Å². The minimum Gasteiger partial charge on any atom is -0.482 e. The molecule has 2 aliphatic rings. The van der Waals surface area contributed by atoms with Crippen LogP contribution in [0.5, 0.6) is 5.75 Å². The summed E-state index contributed by atoms with van der Waals surface area (Å²) in [6.45, 7) is 0.0886. The van der Waals surface area contributed by atoms with Gasteiger partial charge in [0.05, 0.1) is 5.69 Å². The first-order valence-electron chi connectivity index (χ1n) is 7.18. The van der Waals surface area contributed by atoms with E-state index < -0.39 is 0 Å². The van der Waals surface area contributed by atoms with E-state index in [0.717, 1.165) is 30.0 Å². The molecule has 21 heavy (non-hydrogen) atoms. The molecule has 4 nitrogen and oxygen atoms in total. The van der Waals surface area contributed by atoms with Crippen molar-refractivity contribution in [2.45, 2.75) is 18.9 Å². The van der Waals surface area contributed by atoms with Crippen LogP contribution in [-0.4, -0.2) is 18.6 Å². The summed E-state index contributed by atoms with van der Waals surface area (Å²) in [5, 5.41) is 6.36. The molecule has 0 radical (unpaired) electrons. The summed E-state index contributed by atoms with van der Waals surface area (Å²) in [5.41, 5.74) is 4.63. The molecule has 2 aromatic carbocycles. The summed E-state index contributed by atoms with van der Waals surface area (Å²) in [5.74, 6) is 0.629. The maximum absolute atomic E-state index is 11.3. The summed E-state index contributed by atoms with van der Waals surface area (Å²) in [6.07, 6.45) is 2.09. The Kier molecular flexibility index (Phi) is 2.81. The Morgan fingerprint density at radius 1 is 1.10 bits per heavy atom. The highest BCUT2D eigenvalue weighted by Gasteiger charge is 2.21. The molecule has 2 N–H and O–H groups in total. The Morgan fingerprint density at radius 2 is 1.86 bits per heavy atom. The number of rotatable bonds is 2. The number of amides is 1. The van der Waals surface area contributed by atoms with Crippen LogP contribution < -0.4 is 15.4 Å². The van der Waals surface area contributed by atoms with E-state index in [4.69, 9.17) is 4.74 Å². The third-order valence-corrected chi connectivity index (χ3v) is 4.04. The van der Waals surface area contributed by atoms with E-state index in [1.165, 1.54) is 11.1 Å². The average molecular weight is 280 g/mol. The molecule has 106 valence electrons. The van der Waals surface area contributed by atoms with Gasteiger partial charge in [-0.05, 0) is 36.1 Å². The van der Waals surface area contributed by atoms with Crippen LogP contribution in [0.1, 0.15) is 11.1 Å². The maximum Gasteiger partial charge on any atom is 0.262 e. The second-order valence-corrected chi connectivity index (χ2v) is 5.57. The van der Waals surface area contributed by atoms with Crippen LogP contribution in [0, 0.1) is 0 Å². The third kappa shape index (κ3) is 2.33. The molecule has 0 unspecified atom stereocenters. The quantitative estimate of drug-likeness (QED) is 0.889. The first-order chi connectivity index (χ1) is 10.3. The topological polar surface area (TPSA) is 50.4 Å². The number of fused-ring (bicyclic) bond motifs is 2. The first kappa shape index (κ1) is 12.3. The molecule has 0 fully saturated rings. The molecule has 0 saturated heterocycles. The average Bonchev–Trinajstić information content (AvgIpc) is 2.89. The Bertz CT molecular complexity index is 687. The van der Waals surface area contributed by atoms with Crippen molar-refractivity contribution < 1.29 is 9.53 Å². The van der Waals surface area contributed by atoms with Gasteiger partial charge >= 0.3 is 0 Å². The lowest BCUT2D eigenvalue weighted by Crippen LogP contribution is -2.25. The maximum atomic E-state index is 11.3. The summed E-state index contributed by atoms with van der Waals surface area (Å²) in [6, 6.07) is 14.8. The molecule has 0 spiro atoms. The highest BCUT2D eigenvalue weighted by atomic mass is 16.5. The second-order valence-electron chi connectivity index (χ2n) is 5.57. The fourth-order valence-electron chi connectivity index (χ4n) is 3.06. The minimum atomic E-state index is -0.102. The zero-order valence-corrected chi connectivity index (χ0v) is 11.6. The van der Waals surface area contributed by atoms with Crippen molar-refractivity contribution in [2.24, 2.45) is 0 Å². The Labute approximate surface area is 123 Å². The summed E-state index contributed by atoms with van der Waals surface area (Å²) < 4.78 is 5.45. The summed E-state index contributed by atoms with van der Waals surface area (Å²) in [7, 11) is 0. The number of hydrogen-bond donors (Lipinski definition) is 2. The molecule has 1 heterocycles. The highest BCUT2D eigenvalue weighted by molar-refractivity contribution is 5.95. The van der Waals surface area contributed by atoms with Crippen LogP contribution in [-0.2, 0) is 17.6 Å². The van der Waals surface area contributed by atoms with E-state index in [-0.39, 0.29) is 12.5 Å². The Morgan fingerprint density at radius 3 is 2.62 bits per heavy atom. The SMILES string of the molecule is O=C1COc2cc(NC3Cc4ccccc4C3)ccc2N1. The lowest BCUT2D eigenvalue weighted by molar-refractivity contribution is -0.118. The van der Waals surface area contributed by atoms with Crippen molar-refractivity contribution in [1.29, 1.82) is 0 Å². The van der Waals surface area contributed by atoms with Crippen LogP contribution in [0.4, 0.5) is 11.4 Å². The van der Waals surface area contributed by atoms with Crippen molar-refractivity contribution in [1.82, 2.24) is 0 Å². The van der Waals surface area contributed by atoms with E-state index in [0.29, 0.717) is 6.04 Å². The number of anilines is 2. The summed E-state index contributed by atoms with van der Waals surface area (Å²) in [4.78, 5) is 11.3. The molecule has 0 saturated carbocycles. The van der Waals surface area contributed by atoms with Gasteiger partial charge in [0, 0.05) is 17.8 Å². The second kappa shape index (κ2) is 4.81. The standard InChI is InChI=1S/C17H16N2O2/c20-17-10-21-16-9-13(5-6-15(16)19-17)18-14-7-11-3-1-2-4-12(11)8-14/h1-6,9,14,18H,7-8,10H2,(H,19,20). The monoisotopic (exact) mass is 280 g/mol. The molecule has 2 aromatic rings. The zero-order chi connectivity index (χ0) is 14.2. The number of carbonyl (C=O) groups is 1. The molecule has 1 amide bonds. The van der Waals surface area contributed by atoms with E-state index in [1.807, 2.05) is 18.2 Å². The molecule has 4 rings (SSSR count). The zero-order valence-electron chi connectivity index (χ0n) is 11.6. The molecular weight excluding hydrogens is 264 g/mol. The molecule has 1 aliphatic heterocycles. The fraction of sp³-hybridized carbons (Fsp3) is 0.235. The number of hydrogen-bond acceptors (Lipinski definition) is 3. The Hall–Kier alpha value is -2.49. The number of nitrogens with one attached hydrogen (secondary N) is 2. The van der Waals surface area contributed by atoms with Crippen molar-refractivity contribution in [3.05, 3.63) is 53.6 Å². The normalized spacial score (nSPS) is 16.7. The van der Waals surface area contributed by atoms with Gasteiger partial charge in [0.15, 0.2) is 6.61 Å². The number of benzene rings is 2. The Balaban J connectivity index is 1.50. The molecule has 4 heteroatoms. The molecule has 0 aromatic heterocycles. The highest BCUT2D eigenvalue weighted by Crippen LogP contribution is 2.32. The number of carbonyl (C=O) groups excluding carboxylic acids is 1. The first-order valence-corrected chi connectivity index (χ1v) is 7.18. The smallest absolute Gasteiger partial charge is 0.262 e. The van der Waals surface area contributed by atoms with Gasteiger partial charge in [-0.25, -0.2) is 0 Å². The lowest BCUT2D eigenvalue weighted by atomic mass is 10.1. The van der Waals surface area contributed by atoms with Gasteiger partial charge in [0.2, 0.25) is 0 Å². The van der Waals surface area contributed by atoms with Gasteiger partial charge in [-0.15, -0.1) is 0 Å². The van der Waals surface area contributed by atoms with Crippen molar-refractivity contribution in [3.8, 4) is 5.75 Å². The van der Waals surface area contributed by atoms with Crippen LogP contribution in [0.2, 0.25) is 0 Å². The predicted octanol–water partition coefficient (Wildman–Crippen LogP) is 2.60. The largest absolute Gasteiger partial charge is 0.482 e.